The molecule has 0 radical (unpaired) electrons. The average Bonchev–Trinajstić information content (AvgIpc) is 2.87. The van der Waals surface area contributed by atoms with Crippen molar-refractivity contribution in [2.24, 2.45) is 5.92 Å². The smallest absolute Gasteiger partial charge is 0.310 e. The van der Waals surface area contributed by atoms with Crippen molar-refractivity contribution in [1.82, 2.24) is 0 Å². The highest BCUT2D eigenvalue weighted by Crippen LogP contribution is 2.34. The third-order valence-corrected chi connectivity index (χ3v) is 3.43. The Balaban J connectivity index is 2.24. The first-order valence-corrected chi connectivity index (χ1v) is 6.17. The summed E-state index contributed by atoms with van der Waals surface area (Å²) < 4.78 is 4.69. The van der Waals surface area contributed by atoms with Crippen molar-refractivity contribution in [1.29, 1.82) is 0 Å². The summed E-state index contributed by atoms with van der Waals surface area (Å²) in [6, 6.07) is 4.54. The highest BCUT2D eigenvalue weighted by Gasteiger charge is 2.32. The Hall–Kier alpha value is -1.82. The van der Waals surface area contributed by atoms with E-state index in [0.717, 1.165) is 0 Å². The minimum Gasteiger partial charge on any atom is -0.469 e. The van der Waals surface area contributed by atoms with Crippen LogP contribution < -0.4 is 4.90 Å². The van der Waals surface area contributed by atoms with Crippen molar-refractivity contribution in [2.75, 3.05) is 25.1 Å². The number of nitro groups is 1. The number of methoxy groups -OCH3 is 1. The number of nitrogens with zero attached hydrogens (tertiary/aromatic N) is 2. The third-order valence-electron chi connectivity index (χ3n) is 3.20. The van der Waals surface area contributed by atoms with E-state index < -0.39 is 4.92 Å². The molecule has 1 atom stereocenters. The van der Waals surface area contributed by atoms with Gasteiger partial charge in [0.25, 0.3) is 5.69 Å². The fraction of sp³-hybridized carbons (Fsp3) is 0.417. The molecule has 1 fully saturated rings. The van der Waals surface area contributed by atoms with Gasteiger partial charge in [-0.25, -0.2) is 0 Å². The number of ether oxygens (including phenoxy) is 1. The Morgan fingerprint density at radius 3 is 2.95 bits per heavy atom. The highest BCUT2D eigenvalue weighted by atomic mass is 35.5. The summed E-state index contributed by atoms with van der Waals surface area (Å²) in [6.07, 6.45) is 0.631. The summed E-state index contributed by atoms with van der Waals surface area (Å²) in [7, 11) is 1.34. The Kier molecular flexibility index (Phi) is 3.90. The molecule has 1 heterocycles. The van der Waals surface area contributed by atoms with Gasteiger partial charge in [-0.15, -0.1) is 0 Å². The molecular formula is C12H13ClN2O4. The van der Waals surface area contributed by atoms with Gasteiger partial charge in [-0.1, -0.05) is 11.6 Å². The molecule has 0 N–H and O–H groups in total. The number of halogens is 1. The highest BCUT2D eigenvalue weighted by molar-refractivity contribution is 6.30. The number of carbonyl (C=O) groups excluding carboxylic acids is 1. The van der Waals surface area contributed by atoms with Crippen LogP contribution in [0.3, 0.4) is 0 Å². The van der Waals surface area contributed by atoms with Gasteiger partial charge in [-0.3, -0.25) is 14.9 Å². The summed E-state index contributed by atoms with van der Waals surface area (Å²) in [5.41, 5.74) is 0.443. The molecule has 7 heteroatoms. The molecule has 1 unspecified atom stereocenters. The van der Waals surface area contributed by atoms with Crippen LogP contribution in [0, 0.1) is 16.0 Å². The second kappa shape index (κ2) is 5.44. The molecule has 1 aliphatic heterocycles. The summed E-state index contributed by atoms with van der Waals surface area (Å²) in [4.78, 5) is 23.8. The number of hydrogen-bond acceptors (Lipinski definition) is 5. The van der Waals surface area contributed by atoms with Gasteiger partial charge in [0.2, 0.25) is 0 Å². The number of rotatable bonds is 3. The number of carbonyl (C=O) groups is 1. The number of esters is 1. The van der Waals surface area contributed by atoms with Crippen molar-refractivity contribution >= 4 is 28.9 Å². The van der Waals surface area contributed by atoms with Crippen LogP contribution in [0.1, 0.15) is 6.42 Å². The number of nitro benzene ring substituents is 1. The quantitative estimate of drug-likeness (QED) is 0.483. The van der Waals surface area contributed by atoms with E-state index in [1.165, 1.54) is 13.2 Å². The van der Waals surface area contributed by atoms with Gasteiger partial charge in [0.1, 0.15) is 5.69 Å². The van der Waals surface area contributed by atoms with Crippen LogP contribution >= 0.6 is 11.6 Å². The van der Waals surface area contributed by atoms with Gasteiger partial charge in [-0.05, 0) is 18.6 Å². The lowest BCUT2D eigenvalue weighted by Crippen LogP contribution is -2.24. The molecule has 19 heavy (non-hydrogen) atoms. The fourth-order valence-corrected chi connectivity index (χ4v) is 2.41. The molecule has 0 amide bonds. The van der Waals surface area contributed by atoms with Crippen LogP contribution in [-0.2, 0) is 9.53 Å². The zero-order valence-electron chi connectivity index (χ0n) is 10.3. The molecule has 1 aromatic carbocycles. The van der Waals surface area contributed by atoms with Crippen molar-refractivity contribution in [3.8, 4) is 0 Å². The SMILES string of the molecule is COC(=O)C1CCN(c2ccc(Cl)cc2[N+](=O)[O-])C1. The van der Waals surface area contributed by atoms with E-state index in [1.807, 2.05) is 4.90 Å². The van der Waals surface area contributed by atoms with Crippen LogP contribution in [-0.4, -0.2) is 31.1 Å². The maximum absolute atomic E-state index is 11.5. The molecule has 102 valence electrons. The van der Waals surface area contributed by atoms with Gasteiger partial charge in [-0.2, -0.15) is 0 Å². The molecule has 0 saturated carbocycles. The van der Waals surface area contributed by atoms with E-state index in [4.69, 9.17) is 16.3 Å². The summed E-state index contributed by atoms with van der Waals surface area (Å²) in [5.74, 6) is -0.514. The zero-order chi connectivity index (χ0) is 14.0. The van der Waals surface area contributed by atoms with Crippen molar-refractivity contribution < 1.29 is 14.5 Å². The van der Waals surface area contributed by atoms with Crippen molar-refractivity contribution in [3.63, 3.8) is 0 Å². The van der Waals surface area contributed by atoms with E-state index >= 15 is 0 Å². The second-order valence-corrected chi connectivity index (χ2v) is 4.78. The van der Waals surface area contributed by atoms with Crippen molar-refractivity contribution in [2.45, 2.75) is 6.42 Å². The Morgan fingerprint density at radius 2 is 2.32 bits per heavy atom. The predicted molar refractivity (Wildman–Crippen MR) is 70.4 cm³/mol. The fourth-order valence-electron chi connectivity index (χ4n) is 2.25. The predicted octanol–water partition coefficient (Wildman–Crippen LogP) is 2.25. The van der Waals surface area contributed by atoms with Gasteiger partial charge in [0.05, 0.1) is 18.0 Å². The molecule has 1 aliphatic rings. The number of hydrogen-bond donors (Lipinski definition) is 0. The maximum atomic E-state index is 11.5. The van der Waals surface area contributed by atoms with E-state index in [1.54, 1.807) is 12.1 Å². The second-order valence-electron chi connectivity index (χ2n) is 4.34. The molecule has 0 spiro atoms. The minimum atomic E-state index is -0.466. The number of anilines is 1. The molecule has 1 aromatic rings. The topological polar surface area (TPSA) is 72.7 Å². The minimum absolute atomic E-state index is 0.0435. The van der Waals surface area contributed by atoms with Crippen LogP contribution in [0.2, 0.25) is 5.02 Å². The van der Waals surface area contributed by atoms with Gasteiger partial charge < -0.3 is 9.64 Å². The lowest BCUT2D eigenvalue weighted by molar-refractivity contribution is -0.384. The van der Waals surface area contributed by atoms with Gasteiger partial charge in [0, 0.05) is 24.2 Å². The largest absolute Gasteiger partial charge is 0.469 e. The first-order chi connectivity index (χ1) is 9.02. The lowest BCUT2D eigenvalue weighted by Gasteiger charge is -2.18. The molecule has 2 rings (SSSR count). The van der Waals surface area contributed by atoms with E-state index in [2.05, 4.69) is 0 Å². The molecule has 0 bridgehead atoms. The molecule has 1 saturated heterocycles. The molecule has 0 aliphatic carbocycles. The maximum Gasteiger partial charge on any atom is 0.310 e. The Morgan fingerprint density at radius 1 is 1.58 bits per heavy atom. The standard InChI is InChI=1S/C12H13ClN2O4/c1-19-12(16)8-4-5-14(7-8)10-3-2-9(13)6-11(10)15(17)18/h2-3,6,8H,4-5,7H2,1H3. The third kappa shape index (κ3) is 2.78. The Labute approximate surface area is 115 Å². The molecular weight excluding hydrogens is 272 g/mol. The van der Waals surface area contributed by atoms with Crippen molar-refractivity contribution in [3.05, 3.63) is 33.3 Å². The monoisotopic (exact) mass is 284 g/mol. The Bertz CT molecular complexity index is 520. The summed E-state index contributed by atoms with van der Waals surface area (Å²) in [6.45, 7) is 1.01. The van der Waals surface area contributed by atoms with Gasteiger partial charge >= 0.3 is 5.97 Å². The van der Waals surface area contributed by atoms with Crippen LogP contribution in [0.15, 0.2) is 18.2 Å². The zero-order valence-corrected chi connectivity index (χ0v) is 11.1. The number of benzene rings is 1. The van der Waals surface area contributed by atoms with Crippen LogP contribution in [0.25, 0.3) is 0 Å². The first-order valence-electron chi connectivity index (χ1n) is 5.79. The van der Waals surface area contributed by atoms with E-state index in [9.17, 15) is 14.9 Å². The normalized spacial score (nSPS) is 18.4. The summed E-state index contributed by atoms with van der Waals surface area (Å²) in [5, 5.41) is 11.3. The lowest BCUT2D eigenvalue weighted by atomic mass is 10.1. The molecule has 6 nitrogen and oxygen atoms in total. The van der Waals surface area contributed by atoms with E-state index in [-0.39, 0.29) is 17.6 Å². The van der Waals surface area contributed by atoms with E-state index in [0.29, 0.717) is 30.2 Å². The average molecular weight is 285 g/mol. The molecule has 0 aromatic heterocycles. The summed E-state index contributed by atoms with van der Waals surface area (Å²) >= 11 is 5.77. The van der Waals surface area contributed by atoms with Crippen LogP contribution in [0.4, 0.5) is 11.4 Å². The van der Waals surface area contributed by atoms with Crippen LogP contribution in [0.5, 0.6) is 0 Å². The first kappa shape index (κ1) is 13.6. The van der Waals surface area contributed by atoms with Gasteiger partial charge in [0.15, 0.2) is 0 Å².